The third-order valence-corrected chi connectivity index (χ3v) is 4.82. The number of nitrogens with zero attached hydrogens (tertiary/aromatic N) is 3. The molecule has 0 saturated carbocycles. The van der Waals surface area contributed by atoms with Crippen LogP contribution in [0.5, 0.6) is 5.88 Å². The van der Waals surface area contributed by atoms with E-state index in [4.69, 9.17) is 14.6 Å². The number of hydrogen-bond donors (Lipinski definition) is 1. The van der Waals surface area contributed by atoms with Crippen molar-refractivity contribution in [3.63, 3.8) is 0 Å². The van der Waals surface area contributed by atoms with E-state index in [0.29, 0.717) is 24.2 Å². The van der Waals surface area contributed by atoms with Gasteiger partial charge in [-0.25, -0.2) is 4.98 Å². The lowest BCUT2D eigenvalue weighted by Gasteiger charge is -2.23. The Morgan fingerprint density at radius 3 is 2.70 bits per heavy atom. The molecule has 0 radical (unpaired) electrons. The van der Waals surface area contributed by atoms with Crippen molar-refractivity contribution < 1.29 is 14.3 Å². The Morgan fingerprint density at radius 1 is 1.23 bits per heavy atom. The molecule has 7 heteroatoms. The maximum Gasteiger partial charge on any atom is 0.269 e. The number of carbonyl (C=O) groups excluding carboxylic acids is 1. The van der Waals surface area contributed by atoms with Crippen LogP contribution in [0.2, 0.25) is 0 Å². The van der Waals surface area contributed by atoms with Crippen molar-refractivity contribution >= 4 is 22.6 Å². The molecule has 160 valence electrons. The van der Waals surface area contributed by atoms with E-state index in [0.717, 1.165) is 29.4 Å². The van der Waals surface area contributed by atoms with Crippen molar-refractivity contribution in [3.05, 3.63) is 48.2 Å². The molecule has 0 unspecified atom stereocenters. The Bertz CT molecular complexity index is 996. The van der Waals surface area contributed by atoms with Crippen LogP contribution < -0.4 is 10.1 Å². The second kappa shape index (κ2) is 9.26. The molecule has 30 heavy (non-hydrogen) atoms. The minimum atomic E-state index is -1.14. The summed E-state index contributed by atoms with van der Waals surface area (Å²) in [6.07, 6.45) is 2.63. The first-order valence-corrected chi connectivity index (χ1v) is 10.2. The SMILES string of the molecule is COCc1ccc2c(c1)c(OC(C)(C)C(=O)Nc1ccccn1)nn2CCC(C)C. The van der Waals surface area contributed by atoms with E-state index in [1.54, 1.807) is 39.3 Å². The molecule has 3 rings (SSSR count). The molecule has 0 aliphatic heterocycles. The zero-order valence-corrected chi connectivity index (χ0v) is 18.3. The van der Waals surface area contributed by atoms with E-state index >= 15 is 0 Å². The van der Waals surface area contributed by atoms with Gasteiger partial charge in [0, 0.05) is 19.9 Å². The molecule has 2 aromatic heterocycles. The quantitative estimate of drug-likeness (QED) is 0.565. The van der Waals surface area contributed by atoms with E-state index in [-0.39, 0.29) is 5.91 Å². The number of aryl methyl sites for hydroxylation is 1. The van der Waals surface area contributed by atoms with Gasteiger partial charge in [-0.15, -0.1) is 5.10 Å². The first-order valence-electron chi connectivity index (χ1n) is 10.2. The predicted molar refractivity (Wildman–Crippen MR) is 117 cm³/mol. The molecule has 0 aliphatic carbocycles. The summed E-state index contributed by atoms with van der Waals surface area (Å²) in [5.41, 5.74) is 0.860. The fourth-order valence-corrected chi connectivity index (χ4v) is 3.07. The summed E-state index contributed by atoms with van der Waals surface area (Å²) in [5, 5.41) is 8.36. The molecule has 0 spiro atoms. The monoisotopic (exact) mass is 410 g/mol. The second-order valence-corrected chi connectivity index (χ2v) is 8.28. The highest BCUT2D eigenvalue weighted by atomic mass is 16.5. The highest BCUT2D eigenvalue weighted by Gasteiger charge is 2.32. The molecule has 0 atom stereocenters. The average molecular weight is 411 g/mol. The van der Waals surface area contributed by atoms with Crippen LogP contribution in [-0.4, -0.2) is 33.4 Å². The number of nitrogens with one attached hydrogen (secondary N) is 1. The van der Waals surface area contributed by atoms with Gasteiger partial charge in [0.05, 0.1) is 17.5 Å². The fraction of sp³-hybridized carbons (Fsp3) is 0.435. The first kappa shape index (κ1) is 21.8. The molecule has 0 saturated heterocycles. The number of amides is 1. The molecule has 1 amide bonds. The van der Waals surface area contributed by atoms with Gasteiger partial charge < -0.3 is 14.8 Å². The lowest BCUT2D eigenvalue weighted by Crippen LogP contribution is -2.42. The highest BCUT2D eigenvalue weighted by Crippen LogP contribution is 2.30. The molecule has 0 fully saturated rings. The summed E-state index contributed by atoms with van der Waals surface area (Å²) < 4.78 is 13.4. The number of rotatable bonds is 9. The third kappa shape index (κ3) is 5.16. The standard InChI is InChI=1S/C23H30N4O3/c1-16(2)11-13-27-19-10-9-17(15-29-5)14-18(19)21(26-27)30-23(3,4)22(28)25-20-8-6-7-12-24-20/h6-10,12,14,16H,11,13,15H2,1-5H3,(H,24,25,28). The molecule has 0 aliphatic rings. The molecule has 3 aromatic rings. The number of aromatic nitrogens is 3. The number of carbonyl (C=O) groups is 1. The number of methoxy groups -OCH3 is 1. The smallest absolute Gasteiger partial charge is 0.269 e. The van der Waals surface area contributed by atoms with Crippen LogP contribution in [0.1, 0.15) is 39.7 Å². The van der Waals surface area contributed by atoms with Crippen molar-refractivity contribution in [2.75, 3.05) is 12.4 Å². The average Bonchev–Trinajstić information content (AvgIpc) is 3.03. The first-order chi connectivity index (χ1) is 14.3. The maximum atomic E-state index is 12.8. The number of anilines is 1. The van der Waals surface area contributed by atoms with Gasteiger partial charge in [-0.3, -0.25) is 9.48 Å². The molecule has 1 aromatic carbocycles. The summed E-state index contributed by atoms with van der Waals surface area (Å²) in [7, 11) is 1.67. The van der Waals surface area contributed by atoms with Gasteiger partial charge in [0.2, 0.25) is 5.88 Å². The van der Waals surface area contributed by atoms with Gasteiger partial charge in [0.1, 0.15) is 5.82 Å². The summed E-state index contributed by atoms with van der Waals surface area (Å²) in [6.45, 7) is 9.10. The summed E-state index contributed by atoms with van der Waals surface area (Å²) >= 11 is 0. The molecule has 1 N–H and O–H groups in total. The van der Waals surface area contributed by atoms with Crippen molar-refractivity contribution in [3.8, 4) is 5.88 Å². The number of pyridine rings is 1. The summed E-state index contributed by atoms with van der Waals surface area (Å²) in [6, 6.07) is 11.4. The van der Waals surface area contributed by atoms with Gasteiger partial charge in [-0.1, -0.05) is 26.0 Å². The molecular formula is C23H30N4O3. The van der Waals surface area contributed by atoms with Crippen molar-refractivity contribution in [1.82, 2.24) is 14.8 Å². The maximum absolute atomic E-state index is 12.8. The minimum absolute atomic E-state index is 0.292. The Kier molecular flexibility index (Phi) is 6.72. The minimum Gasteiger partial charge on any atom is -0.460 e. The van der Waals surface area contributed by atoms with Crippen molar-refractivity contribution in [2.45, 2.75) is 52.9 Å². The van der Waals surface area contributed by atoms with Crippen molar-refractivity contribution in [2.24, 2.45) is 5.92 Å². The molecule has 7 nitrogen and oxygen atoms in total. The van der Waals surface area contributed by atoms with E-state index in [1.165, 1.54) is 0 Å². The normalized spacial score (nSPS) is 11.8. The largest absolute Gasteiger partial charge is 0.460 e. The Hall–Kier alpha value is -2.93. The number of hydrogen-bond acceptors (Lipinski definition) is 5. The van der Waals surface area contributed by atoms with Gasteiger partial charge in [0.25, 0.3) is 5.91 Å². The van der Waals surface area contributed by atoms with E-state index < -0.39 is 5.60 Å². The van der Waals surface area contributed by atoms with Crippen LogP contribution in [0.4, 0.5) is 5.82 Å². The Labute approximate surface area is 177 Å². The van der Waals surface area contributed by atoms with Crippen LogP contribution in [0.15, 0.2) is 42.6 Å². The van der Waals surface area contributed by atoms with Gasteiger partial charge in [0.15, 0.2) is 5.60 Å². The van der Waals surface area contributed by atoms with E-state index in [2.05, 4.69) is 24.1 Å². The predicted octanol–water partition coefficient (Wildman–Crippen LogP) is 4.42. The number of benzene rings is 1. The van der Waals surface area contributed by atoms with Gasteiger partial charge in [-0.2, -0.15) is 0 Å². The second-order valence-electron chi connectivity index (χ2n) is 8.28. The van der Waals surface area contributed by atoms with Crippen molar-refractivity contribution in [1.29, 1.82) is 0 Å². The highest BCUT2D eigenvalue weighted by molar-refractivity contribution is 5.96. The van der Waals surface area contributed by atoms with Crippen LogP contribution in [0.3, 0.4) is 0 Å². The van der Waals surface area contributed by atoms with Crippen LogP contribution in [-0.2, 0) is 22.7 Å². The third-order valence-electron chi connectivity index (χ3n) is 4.82. The zero-order valence-electron chi connectivity index (χ0n) is 18.3. The van der Waals surface area contributed by atoms with Crippen LogP contribution in [0, 0.1) is 5.92 Å². The van der Waals surface area contributed by atoms with E-state index in [1.807, 2.05) is 28.9 Å². The Balaban J connectivity index is 1.90. The lowest BCUT2D eigenvalue weighted by molar-refractivity contribution is -0.128. The lowest BCUT2D eigenvalue weighted by atomic mass is 10.1. The summed E-state index contributed by atoms with van der Waals surface area (Å²) in [5.74, 6) is 1.18. The molecule has 2 heterocycles. The summed E-state index contributed by atoms with van der Waals surface area (Å²) in [4.78, 5) is 17.0. The number of ether oxygens (including phenoxy) is 2. The topological polar surface area (TPSA) is 78.3 Å². The van der Waals surface area contributed by atoms with E-state index in [9.17, 15) is 4.79 Å². The molecule has 0 bridgehead atoms. The Morgan fingerprint density at radius 2 is 2.03 bits per heavy atom. The molecular weight excluding hydrogens is 380 g/mol. The van der Waals surface area contributed by atoms with Crippen LogP contribution in [0.25, 0.3) is 10.9 Å². The van der Waals surface area contributed by atoms with Gasteiger partial charge >= 0.3 is 0 Å². The van der Waals surface area contributed by atoms with Crippen LogP contribution >= 0.6 is 0 Å². The zero-order chi connectivity index (χ0) is 21.7. The van der Waals surface area contributed by atoms with Gasteiger partial charge in [-0.05, 0) is 56.0 Å². The fourth-order valence-electron chi connectivity index (χ4n) is 3.07. The number of fused-ring (bicyclic) bond motifs is 1.